The largest absolute Gasteiger partial charge is 0.326 e. The molecule has 1 saturated heterocycles. The number of carbonyl (C=O) groups is 1. The zero-order valence-corrected chi connectivity index (χ0v) is 10.6. The number of hydrogen-bond acceptors (Lipinski definition) is 2. The molecular formula is C12H24N2O. The van der Waals surface area contributed by atoms with Crippen LogP contribution >= 0.6 is 0 Å². The summed E-state index contributed by atoms with van der Waals surface area (Å²) in [4.78, 5) is 14.1. The van der Waals surface area contributed by atoms with Crippen LogP contribution in [-0.2, 0) is 4.79 Å². The van der Waals surface area contributed by atoms with Gasteiger partial charge in [0.25, 0.3) is 0 Å². The van der Waals surface area contributed by atoms with E-state index in [1.807, 2.05) is 4.90 Å². The van der Waals surface area contributed by atoms with E-state index in [1.54, 1.807) is 0 Å². The van der Waals surface area contributed by atoms with Gasteiger partial charge in [-0.25, -0.2) is 0 Å². The minimum Gasteiger partial charge on any atom is -0.326 e. The van der Waals surface area contributed by atoms with Gasteiger partial charge in [-0.05, 0) is 18.3 Å². The van der Waals surface area contributed by atoms with E-state index in [0.717, 1.165) is 13.0 Å². The van der Waals surface area contributed by atoms with Crippen LogP contribution in [0.5, 0.6) is 0 Å². The predicted octanol–water partition coefficient (Wildman–Crippen LogP) is 1.83. The third-order valence-corrected chi connectivity index (χ3v) is 3.00. The molecule has 88 valence electrons. The van der Waals surface area contributed by atoms with Gasteiger partial charge in [-0.2, -0.15) is 0 Å². The first-order chi connectivity index (χ1) is 6.99. The Morgan fingerprint density at radius 2 is 1.87 bits per heavy atom. The van der Waals surface area contributed by atoms with Crippen molar-refractivity contribution in [3.63, 3.8) is 0 Å². The molecule has 1 N–H and O–H groups in total. The van der Waals surface area contributed by atoms with E-state index in [0.29, 0.717) is 11.8 Å². The van der Waals surface area contributed by atoms with Crippen LogP contribution in [0.4, 0.5) is 0 Å². The molecule has 3 heteroatoms. The molecule has 2 atom stereocenters. The predicted molar refractivity (Wildman–Crippen MR) is 62.4 cm³/mol. The molecule has 2 unspecified atom stereocenters. The number of hydrogen-bond donors (Lipinski definition) is 1. The highest BCUT2D eigenvalue weighted by molar-refractivity contribution is 5.84. The average Bonchev–Trinajstić information content (AvgIpc) is 2.45. The summed E-state index contributed by atoms with van der Waals surface area (Å²) in [5, 5.41) is 3.45. The van der Waals surface area contributed by atoms with Gasteiger partial charge in [0.05, 0.1) is 12.2 Å². The molecule has 1 heterocycles. The van der Waals surface area contributed by atoms with Gasteiger partial charge in [0.1, 0.15) is 0 Å². The minimum atomic E-state index is 0.0175. The van der Waals surface area contributed by atoms with Crippen LogP contribution in [0.1, 0.15) is 41.0 Å². The van der Waals surface area contributed by atoms with Gasteiger partial charge in [0.15, 0.2) is 0 Å². The summed E-state index contributed by atoms with van der Waals surface area (Å²) < 4.78 is 0. The van der Waals surface area contributed by atoms with Crippen LogP contribution in [0.25, 0.3) is 0 Å². The van der Waals surface area contributed by atoms with Gasteiger partial charge in [0, 0.05) is 6.54 Å². The fourth-order valence-corrected chi connectivity index (χ4v) is 2.18. The van der Waals surface area contributed by atoms with E-state index in [1.165, 1.54) is 0 Å². The first-order valence-electron chi connectivity index (χ1n) is 6.05. The SMILES string of the molecule is CCCN1C(=O)C(C(C)C)NC1C(C)C. The van der Waals surface area contributed by atoms with Gasteiger partial charge in [-0.1, -0.05) is 34.6 Å². The lowest BCUT2D eigenvalue weighted by Crippen LogP contribution is -2.42. The van der Waals surface area contributed by atoms with Gasteiger partial charge >= 0.3 is 0 Å². The zero-order chi connectivity index (χ0) is 11.6. The second-order valence-electron chi connectivity index (χ2n) is 5.11. The molecule has 0 radical (unpaired) electrons. The quantitative estimate of drug-likeness (QED) is 0.771. The molecule has 1 aliphatic heterocycles. The molecule has 0 saturated carbocycles. The Balaban J connectivity index is 2.77. The summed E-state index contributed by atoms with van der Waals surface area (Å²) >= 11 is 0. The lowest BCUT2D eigenvalue weighted by atomic mass is 10.0. The molecule has 1 aliphatic rings. The van der Waals surface area contributed by atoms with Crippen molar-refractivity contribution in [3.05, 3.63) is 0 Å². The maximum absolute atomic E-state index is 12.1. The van der Waals surface area contributed by atoms with E-state index >= 15 is 0 Å². The van der Waals surface area contributed by atoms with Crippen molar-refractivity contribution in [2.45, 2.75) is 53.2 Å². The molecule has 0 bridgehead atoms. The molecule has 1 rings (SSSR count). The highest BCUT2D eigenvalue weighted by Crippen LogP contribution is 2.21. The monoisotopic (exact) mass is 212 g/mol. The molecule has 1 fully saturated rings. The summed E-state index contributed by atoms with van der Waals surface area (Å²) in [6, 6.07) is 0.0175. The van der Waals surface area contributed by atoms with Gasteiger partial charge in [0.2, 0.25) is 5.91 Å². The van der Waals surface area contributed by atoms with Crippen LogP contribution in [0.3, 0.4) is 0 Å². The van der Waals surface area contributed by atoms with Gasteiger partial charge in [-0.15, -0.1) is 0 Å². The smallest absolute Gasteiger partial charge is 0.241 e. The van der Waals surface area contributed by atoms with E-state index in [9.17, 15) is 4.79 Å². The Morgan fingerprint density at radius 1 is 1.27 bits per heavy atom. The lowest BCUT2D eigenvalue weighted by Gasteiger charge is -2.26. The second-order valence-corrected chi connectivity index (χ2v) is 5.11. The summed E-state index contributed by atoms with van der Waals surface area (Å²) in [5.41, 5.74) is 0. The van der Waals surface area contributed by atoms with E-state index < -0.39 is 0 Å². The third kappa shape index (κ3) is 2.51. The topological polar surface area (TPSA) is 32.3 Å². The number of rotatable bonds is 4. The molecule has 15 heavy (non-hydrogen) atoms. The van der Waals surface area contributed by atoms with Crippen molar-refractivity contribution in [1.82, 2.24) is 10.2 Å². The molecule has 0 aromatic rings. The van der Waals surface area contributed by atoms with Crippen molar-refractivity contribution >= 4 is 5.91 Å². The zero-order valence-electron chi connectivity index (χ0n) is 10.6. The molecule has 3 nitrogen and oxygen atoms in total. The van der Waals surface area contributed by atoms with Crippen LogP contribution in [0.2, 0.25) is 0 Å². The van der Waals surface area contributed by atoms with Crippen LogP contribution < -0.4 is 5.32 Å². The van der Waals surface area contributed by atoms with Crippen LogP contribution in [0, 0.1) is 11.8 Å². The van der Waals surface area contributed by atoms with E-state index in [-0.39, 0.29) is 18.1 Å². The Hall–Kier alpha value is -0.570. The van der Waals surface area contributed by atoms with Crippen molar-refractivity contribution < 1.29 is 4.79 Å². The first-order valence-corrected chi connectivity index (χ1v) is 6.05. The normalized spacial score (nSPS) is 27.1. The molecule has 1 amide bonds. The molecule has 0 aromatic carbocycles. The summed E-state index contributed by atoms with van der Waals surface area (Å²) in [6.07, 6.45) is 1.26. The Morgan fingerprint density at radius 3 is 2.27 bits per heavy atom. The molecular weight excluding hydrogens is 188 g/mol. The van der Waals surface area contributed by atoms with Crippen LogP contribution in [-0.4, -0.2) is 29.6 Å². The van der Waals surface area contributed by atoms with Gasteiger partial charge < -0.3 is 4.90 Å². The lowest BCUT2D eigenvalue weighted by molar-refractivity contribution is -0.131. The number of nitrogens with one attached hydrogen (secondary N) is 1. The fourth-order valence-electron chi connectivity index (χ4n) is 2.18. The standard InChI is InChI=1S/C12H24N2O/c1-6-7-14-11(9(4)5)13-10(8(2)3)12(14)15/h8-11,13H,6-7H2,1-5H3. The molecule has 0 aliphatic carbocycles. The Labute approximate surface area is 93.2 Å². The van der Waals surface area contributed by atoms with Crippen molar-refractivity contribution in [1.29, 1.82) is 0 Å². The maximum Gasteiger partial charge on any atom is 0.241 e. The Bertz CT molecular complexity index is 226. The number of carbonyl (C=O) groups excluding carboxylic acids is 1. The summed E-state index contributed by atoms with van der Waals surface area (Å²) in [5.74, 6) is 1.13. The van der Waals surface area contributed by atoms with Crippen molar-refractivity contribution in [2.24, 2.45) is 11.8 Å². The summed E-state index contributed by atoms with van der Waals surface area (Å²) in [6.45, 7) is 11.5. The second kappa shape index (κ2) is 4.97. The van der Waals surface area contributed by atoms with Crippen LogP contribution in [0.15, 0.2) is 0 Å². The average molecular weight is 212 g/mol. The fraction of sp³-hybridized carbons (Fsp3) is 0.917. The Kier molecular flexibility index (Phi) is 4.14. The van der Waals surface area contributed by atoms with Gasteiger partial charge in [-0.3, -0.25) is 10.1 Å². The van der Waals surface area contributed by atoms with E-state index in [4.69, 9.17) is 0 Å². The molecule has 0 spiro atoms. The van der Waals surface area contributed by atoms with E-state index in [2.05, 4.69) is 39.9 Å². The maximum atomic E-state index is 12.1. The molecule has 0 aromatic heterocycles. The highest BCUT2D eigenvalue weighted by Gasteiger charge is 2.40. The highest BCUT2D eigenvalue weighted by atomic mass is 16.2. The summed E-state index contributed by atoms with van der Waals surface area (Å²) in [7, 11) is 0. The minimum absolute atomic E-state index is 0.0175. The third-order valence-electron chi connectivity index (χ3n) is 3.00. The van der Waals surface area contributed by atoms with Crippen molar-refractivity contribution in [2.75, 3.05) is 6.54 Å². The van der Waals surface area contributed by atoms with Crippen molar-refractivity contribution in [3.8, 4) is 0 Å². The number of nitrogens with zero attached hydrogens (tertiary/aromatic N) is 1. The first kappa shape index (κ1) is 12.5. The number of amides is 1.